The molecular formula is C23H27N5O2. The lowest BCUT2D eigenvalue weighted by Crippen LogP contribution is -2.43. The highest BCUT2D eigenvalue weighted by Gasteiger charge is 2.32. The summed E-state index contributed by atoms with van der Waals surface area (Å²) in [5, 5.41) is 3.22. The number of carbonyl (C=O) groups is 1. The molecule has 30 heavy (non-hydrogen) atoms. The Balaban J connectivity index is 1.44. The lowest BCUT2D eigenvalue weighted by atomic mass is 10.2. The Hall–Kier alpha value is -3.09. The molecule has 0 radical (unpaired) electrons. The minimum atomic E-state index is 0.0628. The van der Waals surface area contributed by atoms with Gasteiger partial charge in [0.2, 0.25) is 0 Å². The first-order chi connectivity index (χ1) is 14.7. The van der Waals surface area contributed by atoms with Crippen molar-refractivity contribution in [3.05, 3.63) is 42.6 Å². The van der Waals surface area contributed by atoms with Gasteiger partial charge in [-0.2, -0.15) is 0 Å². The molecule has 7 nitrogen and oxygen atoms in total. The zero-order chi connectivity index (χ0) is 20.5. The van der Waals surface area contributed by atoms with Crippen LogP contribution in [0.2, 0.25) is 0 Å². The van der Waals surface area contributed by atoms with Crippen LogP contribution in [0.5, 0.6) is 5.75 Å². The van der Waals surface area contributed by atoms with Gasteiger partial charge in [0.25, 0.3) is 0 Å². The molecule has 2 aromatic heterocycles. The number of fused-ring (bicyclic) bond motifs is 1. The summed E-state index contributed by atoms with van der Waals surface area (Å²) in [5.41, 5.74) is 2.76. The number of hydrogen-bond donors (Lipinski definition) is 1. The standard InChI is InChI=1S/C23H27N5O2/c1-30-19-10-8-16(9-11-19)21-26-20-7-4-13-24-22(20)28(21)18-12-14-27(15-18)23(29)25-17-5-2-3-6-17/h4,7-11,13,17-18H,2-3,5-6,12,14-15H2,1H3,(H,25,29). The van der Waals surface area contributed by atoms with E-state index in [1.165, 1.54) is 12.8 Å². The molecule has 1 atom stereocenters. The molecule has 0 bridgehead atoms. The average molecular weight is 406 g/mol. The van der Waals surface area contributed by atoms with Crippen molar-refractivity contribution >= 4 is 17.2 Å². The summed E-state index contributed by atoms with van der Waals surface area (Å²) in [6, 6.07) is 12.4. The molecule has 156 valence electrons. The van der Waals surface area contributed by atoms with E-state index in [0.717, 1.165) is 54.1 Å². The Labute approximate surface area is 176 Å². The van der Waals surface area contributed by atoms with E-state index in [1.54, 1.807) is 13.3 Å². The van der Waals surface area contributed by atoms with Crippen LogP contribution in [0.15, 0.2) is 42.6 Å². The van der Waals surface area contributed by atoms with Crippen LogP contribution in [0.25, 0.3) is 22.6 Å². The van der Waals surface area contributed by atoms with Gasteiger partial charge in [0.15, 0.2) is 5.65 Å². The van der Waals surface area contributed by atoms with Crippen LogP contribution in [0.4, 0.5) is 4.79 Å². The molecule has 0 spiro atoms. The van der Waals surface area contributed by atoms with Crippen molar-refractivity contribution in [2.75, 3.05) is 20.2 Å². The lowest BCUT2D eigenvalue weighted by molar-refractivity contribution is 0.203. The maximum Gasteiger partial charge on any atom is 0.317 e. The largest absolute Gasteiger partial charge is 0.497 e. The zero-order valence-electron chi connectivity index (χ0n) is 17.3. The fraction of sp³-hybridized carbons (Fsp3) is 0.435. The molecule has 1 aliphatic heterocycles. The highest BCUT2D eigenvalue weighted by atomic mass is 16.5. The zero-order valence-corrected chi connectivity index (χ0v) is 17.3. The van der Waals surface area contributed by atoms with Crippen molar-refractivity contribution < 1.29 is 9.53 Å². The predicted molar refractivity (Wildman–Crippen MR) is 116 cm³/mol. The number of pyridine rings is 1. The molecule has 2 fully saturated rings. The molecule has 5 rings (SSSR count). The Morgan fingerprint density at radius 2 is 1.93 bits per heavy atom. The highest BCUT2D eigenvalue weighted by Crippen LogP contribution is 2.33. The molecule has 1 saturated heterocycles. The molecule has 7 heteroatoms. The fourth-order valence-electron chi connectivity index (χ4n) is 4.69. The number of imidazole rings is 1. The van der Waals surface area contributed by atoms with Gasteiger partial charge in [-0.1, -0.05) is 12.8 Å². The van der Waals surface area contributed by atoms with Crippen molar-refractivity contribution in [3.63, 3.8) is 0 Å². The highest BCUT2D eigenvalue weighted by molar-refractivity contribution is 5.78. The van der Waals surface area contributed by atoms with Gasteiger partial charge >= 0.3 is 6.03 Å². The molecule has 3 heterocycles. The van der Waals surface area contributed by atoms with Crippen molar-refractivity contribution in [2.45, 2.75) is 44.2 Å². The molecule has 2 amide bonds. The van der Waals surface area contributed by atoms with Gasteiger partial charge in [0.1, 0.15) is 17.1 Å². The van der Waals surface area contributed by atoms with Crippen LogP contribution < -0.4 is 10.1 Å². The van der Waals surface area contributed by atoms with Gasteiger partial charge in [0.05, 0.1) is 13.2 Å². The van der Waals surface area contributed by atoms with Gasteiger partial charge in [0, 0.05) is 30.9 Å². The molecule has 1 saturated carbocycles. The monoisotopic (exact) mass is 405 g/mol. The SMILES string of the molecule is COc1ccc(-c2nc3cccnc3n2C2CCN(C(=O)NC3CCCC3)C2)cc1. The number of benzene rings is 1. The van der Waals surface area contributed by atoms with Gasteiger partial charge in [-0.05, 0) is 55.7 Å². The quantitative estimate of drug-likeness (QED) is 0.712. The van der Waals surface area contributed by atoms with Crippen LogP contribution in [-0.2, 0) is 0 Å². The minimum absolute atomic E-state index is 0.0628. The predicted octanol–water partition coefficient (Wildman–Crippen LogP) is 4.01. The summed E-state index contributed by atoms with van der Waals surface area (Å²) < 4.78 is 7.51. The molecule has 1 unspecified atom stereocenters. The minimum Gasteiger partial charge on any atom is -0.497 e. The first-order valence-corrected chi connectivity index (χ1v) is 10.8. The van der Waals surface area contributed by atoms with E-state index < -0.39 is 0 Å². The molecule has 1 aromatic carbocycles. The first-order valence-electron chi connectivity index (χ1n) is 10.8. The third-order valence-corrected chi connectivity index (χ3v) is 6.30. The van der Waals surface area contributed by atoms with Crippen LogP contribution >= 0.6 is 0 Å². The van der Waals surface area contributed by atoms with Gasteiger partial charge in [-0.25, -0.2) is 14.8 Å². The number of likely N-dealkylation sites (tertiary alicyclic amines) is 1. The second-order valence-electron chi connectivity index (χ2n) is 8.20. The van der Waals surface area contributed by atoms with Gasteiger partial charge in [-0.15, -0.1) is 0 Å². The summed E-state index contributed by atoms with van der Waals surface area (Å²) >= 11 is 0. The van der Waals surface area contributed by atoms with E-state index in [4.69, 9.17) is 9.72 Å². The average Bonchev–Trinajstić information content (AvgIpc) is 3.53. The number of urea groups is 1. The maximum atomic E-state index is 12.8. The molecular weight excluding hydrogens is 378 g/mol. The van der Waals surface area contributed by atoms with E-state index in [-0.39, 0.29) is 12.1 Å². The number of amides is 2. The molecule has 1 N–H and O–H groups in total. The van der Waals surface area contributed by atoms with Gasteiger partial charge < -0.3 is 19.5 Å². The summed E-state index contributed by atoms with van der Waals surface area (Å²) in [7, 11) is 1.66. The van der Waals surface area contributed by atoms with Crippen LogP contribution in [-0.4, -0.2) is 51.7 Å². The Morgan fingerprint density at radius 1 is 1.13 bits per heavy atom. The summed E-state index contributed by atoms with van der Waals surface area (Å²) in [6.07, 6.45) is 7.32. The summed E-state index contributed by atoms with van der Waals surface area (Å²) in [5.74, 6) is 1.70. The number of aromatic nitrogens is 3. The van der Waals surface area contributed by atoms with Crippen molar-refractivity contribution in [3.8, 4) is 17.1 Å². The van der Waals surface area contributed by atoms with Crippen molar-refractivity contribution in [1.29, 1.82) is 0 Å². The van der Waals surface area contributed by atoms with Crippen LogP contribution in [0, 0.1) is 0 Å². The van der Waals surface area contributed by atoms with E-state index >= 15 is 0 Å². The molecule has 3 aromatic rings. The number of nitrogens with one attached hydrogen (secondary N) is 1. The number of nitrogens with zero attached hydrogens (tertiary/aromatic N) is 4. The molecule has 1 aliphatic carbocycles. The van der Waals surface area contributed by atoms with Gasteiger partial charge in [-0.3, -0.25) is 0 Å². The molecule has 2 aliphatic rings. The third kappa shape index (κ3) is 3.49. The normalized spacial score (nSPS) is 19.5. The van der Waals surface area contributed by atoms with E-state index in [2.05, 4.69) is 14.9 Å². The van der Waals surface area contributed by atoms with Crippen molar-refractivity contribution in [1.82, 2.24) is 24.8 Å². The third-order valence-electron chi connectivity index (χ3n) is 6.30. The summed E-state index contributed by atoms with van der Waals surface area (Å²) in [6.45, 7) is 1.42. The number of ether oxygens (including phenoxy) is 1. The second kappa shape index (κ2) is 7.97. The van der Waals surface area contributed by atoms with E-state index in [0.29, 0.717) is 12.6 Å². The Kier molecular flexibility index (Phi) is 5.02. The number of carbonyl (C=O) groups excluding carboxylic acids is 1. The number of hydrogen-bond acceptors (Lipinski definition) is 4. The Bertz CT molecular complexity index is 1040. The topological polar surface area (TPSA) is 72.3 Å². The smallest absolute Gasteiger partial charge is 0.317 e. The van der Waals surface area contributed by atoms with Crippen LogP contribution in [0.3, 0.4) is 0 Å². The van der Waals surface area contributed by atoms with Crippen molar-refractivity contribution in [2.24, 2.45) is 0 Å². The van der Waals surface area contributed by atoms with E-state index in [1.807, 2.05) is 41.3 Å². The number of methoxy groups -OCH3 is 1. The maximum absolute atomic E-state index is 12.8. The first kappa shape index (κ1) is 18.9. The Morgan fingerprint density at radius 3 is 2.70 bits per heavy atom. The second-order valence-corrected chi connectivity index (χ2v) is 8.20. The fourth-order valence-corrected chi connectivity index (χ4v) is 4.69. The van der Waals surface area contributed by atoms with Crippen LogP contribution in [0.1, 0.15) is 38.1 Å². The number of rotatable bonds is 4. The van der Waals surface area contributed by atoms with E-state index in [9.17, 15) is 4.79 Å². The lowest BCUT2D eigenvalue weighted by Gasteiger charge is -2.21. The summed E-state index contributed by atoms with van der Waals surface area (Å²) in [4.78, 5) is 24.2.